The summed E-state index contributed by atoms with van der Waals surface area (Å²) < 4.78 is 0. The van der Waals surface area contributed by atoms with Crippen LogP contribution in [0.1, 0.15) is 0 Å². The molecule has 0 saturated heterocycles. The molecule has 0 saturated carbocycles. The molecule has 0 atom stereocenters. The minimum Gasteiger partial charge on any atom is -0.748 e. The molecule has 0 nitrogen and oxygen atoms in total. The van der Waals surface area contributed by atoms with Crippen LogP contribution in [0.15, 0.2) is 72.8 Å². The Morgan fingerprint density at radius 1 is 0.733 bits per heavy atom. The van der Waals surface area contributed by atoms with Crippen molar-refractivity contribution < 1.29 is 18.6 Å². The first-order valence-corrected chi connectivity index (χ1v) is 4.74. The Balaban J connectivity index is 0.000000162. The van der Waals surface area contributed by atoms with Gasteiger partial charge in [0.2, 0.25) is 0 Å². The molecule has 0 amide bonds. The first-order valence-electron chi connectivity index (χ1n) is 4.74. The van der Waals surface area contributed by atoms with E-state index in [-0.39, 0.29) is 18.6 Å². The summed E-state index contributed by atoms with van der Waals surface area (Å²) in [5.74, 6) is 0. The zero-order chi connectivity index (χ0) is 9.64. The van der Waals surface area contributed by atoms with Crippen LogP contribution in [0.5, 0.6) is 0 Å². The van der Waals surface area contributed by atoms with Crippen molar-refractivity contribution in [2.24, 2.45) is 0 Å². The van der Waals surface area contributed by atoms with Gasteiger partial charge in [0.25, 0.3) is 0 Å². The van der Waals surface area contributed by atoms with Gasteiger partial charge in [-0.3, -0.25) is 0 Å². The van der Waals surface area contributed by atoms with Crippen molar-refractivity contribution in [1.29, 1.82) is 0 Å². The van der Waals surface area contributed by atoms with Crippen LogP contribution < -0.4 is 0 Å². The number of rotatable bonds is 0. The third-order valence-electron chi connectivity index (χ3n) is 2.10. The van der Waals surface area contributed by atoms with Crippen LogP contribution in [-0.2, 0) is 18.6 Å². The Hall–Kier alpha value is -1.24. The molecule has 0 heterocycles. The van der Waals surface area contributed by atoms with Gasteiger partial charge in [-0.1, -0.05) is 5.39 Å². The summed E-state index contributed by atoms with van der Waals surface area (Å²) in [5, 5.41) is 2.66. The molecule has 3 aromatic carbocycles. The van der Waals surface area contributed by atoms with Gasteiger partial charge in [0, 0.05) is 18.6 Å². The maximum absolute atomic E-state index is 2.12. The molecule has 3 aromatic rings. The second kappa shape index (κ2) is 6.29. The average Bonchev–Trinajstić information content (AvgIpc) is 2.92. The van der Waals surface area contributed by atoms with E-state index in [0.717, 1.165) is 0 Å². The van der Waals surface area contributed by atoms with Crippen molar-refractivity contribution in [1.82, 2.24) is 0 Å². The topological polar surface area (TPSA) is 0 Å². The molecule has 0 bridgehead atoms. The Kier molecular flexibility index (Phi) is 4.96. The normalized spacial score (nSPS) is 8.80. The van der Waals surface area contributed by atoms with Gasteiger partial charge in [-0.15, -0.1) is 35.7 Å². The molecule has 0 spiro atoms. The molecule has 0 unspecified atom stereocenters. The van der Waals surface area contributed by atoms with Crippen molar-refractivity contribution in [3.05, 3.63) is 72.8 Å². The molecule has 0 aromatic heterocycles. The van der Waals surface area contributed by atoms with E-state index < -0.39 is 0 Å². The van der Waals surface area contributed by atoms with E-state index >= 15 is 0 Å². The predicted molar refractivity (Wildman–Crippen MR) is 61.6 cm³/mol. The SMILES string of the molecule is [V].[cH-]1[cH-][cH-][cH-][cH-]1.c1cc[c-]2cccc2c1. The van der Waals surface area contributed by atoms with Gasteiger partial charge in [0.1, 0.15) is 0 Å². The van der Waals surface area contributed by atoms with Crippen molar-refractivity contribution in [2.45, 2.75) is 0 Å². The number of hydrogen-bond acceptors (Lipinski definition) is 0. The minimum absolute atomic E-state index is 0. The zero-order valence-electron chi connectivity index (χ0n) is 8.38. The zero-order valence-corrected chi connectivity index (χ0v) is 9.77. The standard InChI is InChI=1S/C9H7.C5H5.V/c1-2-5-9-7-3-6-8(9)4-1;1-2-4-5-3-1;/h1-7H;1-5H;/q-1;-5;. The van der Waals surface area contributed by atoms with Gasteiger partial charge in [0.15, 0.2) is 0 Å². The molecule has 15 heavy (non-hydrogen) atoms. The van der Waals surface area contributed by atoms with Crippen molar-refractivity contribution in [3.63, 3.8) is 0 Å². The van der Waals surface area contributed by atoms with Crippen LogP contribution in [0, 0.1) is 0 Å². The van der Waals surface area contributed by atoms with E-state index in [2.05, 4.69) is 42.5 Å². The van der Waals surface area contributed by atoms with Crippen LogP contribution in [0.2, 0.25) is 0 Å². The monoisotopic (exact) mass is 231 g/mol. The first-order chi connectivity index (χ1) is 6.97. The summed E-state index contributed by atoms with van der Waals surface area (Å²) in [7, 11) is 0. The minimum atomic E-state index is 0. The second-order valence-corrected chi connectivity index (χ2v) is 3.12. The van der Waals surface area contributed by atoms with Crippen LogP contribution in [0.4, 0.5) is 0 Å². The Morgan fingerprint density at radius 2 is 1.27 bits per heavy atom. The fourth-order valence-corrected chi connectivity index (χ4v) is 1.39. The number of fused-ring (bicyclic) bond motifs is 1. The molecule has 0 aliphatic carbocycles. The summed E-state index contributed by atoms with van der Waals surface area (Å²) in [6, 6.07) is 24.7. The predicted octanol–water partition coefficient (Wildman–Crippen LogP) is 3.96. The van der Waals surface area contributed by atoms with Crippen molar-refractivity contribution >= 4 is 10.8 Å². The van der Waals surface area contributed by atoms with Crippen LogP contribution >= 0.6 is 0 Å². The summed E-state index contributed by atoms with van der Waals surface area (Å²) >= 11 is 0. The Labute approximate surface area is 102 Å². The van der Waals surface area contributed by atoms with E-state index in [1.807, 2.05) is 30.3 Å². The summed E-state index contributed by atoms with van der Waals surface area (Å²) in [5.41, 5.74) is 0. The third kappa shape index (κ3) is 3.43. The van der Waals surface area contributed by atoms with Crippen molar-refractivity contribution in [2.75, 3.05) is 0 Å². The van der Waals surface area contributed by atoms with Gasteiger partial charge in [-0.2, -0.15) is 12.1 Å². The fraction of sp³-hybridized carbons (Fsp3) is 0. The molecular formula is C14H12V-6. The molecule has 0 fully saturated rings. The van der Waals surface area contributed by atoms with Crippen LogP contribution in [-0.4, -0.2) is 0 Å². The van der Waals surface area contributed by atoms with Gasteiger partial charge in [0.05, 0.1) is 0 Å². The van der Waals surface area contributed by atoms with E-state index in [1.165, 1.54) is 10.8 Å². The molecule has 0 N–H and O–H groups in total. The first kappa shape index (κ1) is 11.8. The Morgan fingerprint density at radius 3 is 1.87 bits per heavy atom. The maximum atomic E-state index is 2.12. The maximum Gasteiger partial charge on any atom is 0 e. The summed E-state index contributed by atoms with van der Waals surface area (Å²) in [6.07, 6.45) is 0. The molecule has 1 heteroatoms. The molecule has 0 aliphatic heterocycles. The molecular weight excluding hydrogens is 219 g/mol. The van der Waals surface area contributed by atoms with Crippen LogP contribution in [0.25, 0.3) is 10.8 Å². The van der Waals surface area contributed by atoms with Gasteiger partial charge in [-0.25, -0.2) is 0 Å². The smallest absolute Gasteiger partial charge is 0 e. The number of benzene rings is 1. The second-order valence-electron chi connectivity index (χ2n) is 3.12. The van der Waals surface area contributed by atoms with E-state index in [1.54, 1.807) is 0 Å². The molecule has 3 rings (SSSR count). The van der Waals surface area contributed by atoms with Gasteiger partial charge < -0.3 is 30.3 Å². The molecule has 1 radical (unpaired) electrons. The Bertz CT molecular complexity index is 415. The largest absolute Gasteiger partial charge is 0.748 e. The van der Waals surface area contributed by atoms with Crippen LogP contribution in [0.3, 0.4) is 0 Å². The number of hydrogen-bond donors (Lipinski definition) is 0. The van der Waals surface area contributed by atoms with E-state index in [9.17, 15) is 0 Å². The molecule has 79 valence electrons. The summed E-state index contributed by atoms with van der Waals surface area (Å²) in [4.78, 5) is 0. The average molecular weight is 231 g/mol. The molecule has 0 aliphatic rings. The van der Waals surface area contributed by atoms with Gasteiger partial charge in [-0.05, 0) is 0 Å². The van der Waals surface area contributed by atoms with Crippen molar-refractivity contribution in [3.8, 4) is 0 Å². The van der Waals surface area contributed by atoms with E-state index in [0.29, 0.717) is 0 Å². The quantitative estimate of drug-likeness (QED) is 0.514. The van der Waals surface area contributed by atoms with E-state index in [4.69, 9.17) is 0 Å². The van der Waals surface area contributed by atoms with Gasteiger partial charge >= 0.3 is 0 Å². The third-order valence-corrected chi connectivity index (χ3v) is 2.10. The fourth-order valence-electron chi connectivity index (χ4n) is 1.39. The summed E-state index contributed by atoms with van der Waals surface area (Å²) in [6.45, 7) is 0.